The zero-order chi connectivity index (χ0) is 17.4. The number of hydrogen-bond donors (Lipinski definition) is 0. The van der Waals surface area contributed by atoms with Crippen molar-refractivity contribution >= 4 is 59.8 Å². The minimum atomic E-state index is -0.381. The zero-order valence-corrected chi connectivity index (χ0v) is 16.2. The lowest BCUT2D eigenvalue weighted by molar-refractivity contribution is 0.143. The molecule has 4 rings (SSSR count). The predicted molar refractivity (Wildman–Crippen MR) is 107 cm³/mol. The molecule has 0 N–H and O–H groups in total. The lowest BCUT2D eigenvalue weighted by Crippen LogP contribution is -2.13. The number of hydrogen-bond acceptors (Lipinski definition) is 2. The standard InChI is InChI=1S/C20H13Br2NO2/c21-14-6-8-18-16(10-14)17-11-15(22)7-9-19(17)23(18)20(24)25-12-13-4-2-1-3-5-13/h1-11H,12H2. The second-order valence-corrected chi connectivity index (χ2v) is 7.53. The van der Waals surface area contributed by atoms with E-state index in [9.17, 15) is 4.79 Å². The molecule has 124 valence electrons. The van der Waals surface area contributed by atoms with Crippen LogP contribution < -0.4 is 0 Å². The quantitative estimate of drug-likeness (QED) is 0.343. The molecule has 0 aliphatic rings. The van der Waals surface area contributed by atoms with Crippen LogP contribution in [0.5, 0.6) is 0 Å². The van der Waals surface area contributed by atoms with Crippen LogP contribution in [0.15, 0.2) is 75.7 Å². The smallest absolute Gasteiger partial charge is 0.419 e. The first-order valence-electron chi connectivity index (χ1n) is 7.74. The number of benzene rings is 3. The first kappa shape index (κ1) is 16.4. The Bertz CT molecular complexity index is 1030. The van der Waals surface area contributed by atoms with Crippen LogP contribution in [0, 0.1) is 0 Å². The summed E-state index contributed by atoms with van der Waals surface area (Å²) in [7, 11) is 0. The normalized spacial score (nSPS) is 11.1. The van der Waals surface area contributed by atoms with E-state index in [0.29, 0.717) is 0 Å². The van der Waals surface area contributed by atoms with Gasteiger partial charge in [0.1, 0.15) is 6.61 Å². The largest absolute Gasteiger partial charge is 0.444 e. The Morgan fingerprint density at radius 3 is 1.96 bits per heavy atom. The summed E-state index contributed by atoms with van der Waals surface area (Å²) in [5.41, 5.74) is 2.62. The average Bonchev–Trinajstić information content (AvgIpc) is 2.93. The summed E-state index contributed by atoms with van der Waals surface area (Å²) in [6.07, 6.45) is -0.381. The second-order valence-electron chi connectivity index (χ2n) is 5.70. The van der Waals surface area contributed by atoms with E-state index in [4.69, 9.17) is 4.74 Å². The van der Waals surface area contributed by atoms with Gasteiger partial charge in [-0.05, 0) is 42.0 Å². The van der Waals surface area contributed by atoms with Gasteiger partial charge in [-0.3, -0.25) is 0 Å². The second kappa shape index (κ2) is 6.65. The number of carbonyl (C=O) groups excluding carboxylic acids is 1. The maximum atomic E-state index is 12.8. The van der Waals surface area contributed by atoms with E-state index in [1.165, 1.54) is 0 Å². The molecule has 0 aliphatic carbocycles. The molecular formula is C20H13Br2NO2. The maximum absolute atomic E-state index is 12.8. The van der Waals surface area contributed by atoms with E-state index in [1.807, 2.05) is 66.7 Å². The average molecular weight is 459 g/mol. The fourth-order valence-corrected chi connectivity index (χ4v) is 3.67. The van der Waals surface area contributed by atoms with Gasteiger partial charge in [-0.25, -0.2) is 9.36 Å². The lowest BCUT2D eigenvalue weighted by Gasteiger charge is -2.08. The summed E-state index contributed by atoms with van der Waals surface area (Å²) in [6.45, 7) is 0.244. The molecule has 0 fully saturated rings. The maximum Gasteiger partial charge on any atom is 0.419 e. The van der Waals surface area contributed by atoms with E-state index in [0.717, 1.165) is 36.3 Å². The van der Waals surface area contributed by atoms with Crippen molar-refractivity contribution in [2.45, 2.75) is 6.61 Å². The summed E-state index contributed by atoms with van der Waals surface area (Å²) in [4.78, 5) is 12.8. The van der Waals surface area contributed by atoms with Crippen LogP contribution in [0.25, 0.3) is 21.8 Å². The molecule has 0 saturated carbocycles. The van der Waals surface area contributed by atoms with Crippen LogP contribution in [-0.2, 0) is 11.3 Å². The molecule has 0 aliphatic heterocycles. The monoisotopic (exact) mass is 457 g/mol. The van der Waals surface area contributed by atoms with Crippen LogP contribution in [0.4, 0.5) is 4.79 Å². The molecule has 1 heterocycles. The predicted octanol–water partition coefficient (Wildman–Crippen LogP) is 6.50. The molecule has 3 aromatic carbocycles. The fraction of sp³-hybridized carbons (Fsp3) is 0.0500. The first-order valence-corrected chi connectivity index (χ1v) is 9.32. The molecule has 0 amide bonds. The van der Waals surface area contributed by atoms with Crippen molar-refractivity contribution in [3.63, 3.8) is 0 Å². The highest BCUT2D eigenvalue weighted by Crippen LogP contribution is 2.33. The van der Waals surface area contributed by atoms with Gasteiger partial charge in [-0.1, -0.05) is 62.2 Å². The Morgan fingerprint density at radius 2 is 1.40 bits per heavy atom. The first-order chi connectivity index (χ1) is 12.1. The van der Waals surface area contributed by atoms with E-state index in [-0.39, 0.29) is 12.7 Å². The zero-order valence-electron chi connectivity index (χ0n) is 13.1. The summed E-state index contributed by atoms with van der Waals surface area (Å²) >= 11 is 7.01. The van der Waals surface area contributed by atoms with Gasteiger partial charge >= 0.3 is 6.09 Å². The van der Waals surface area contributed by atoms with Crippen LogP contribution in [0.1, 0.15) is 5.56 Å². The SMILES string of the molecule is O=C(OCc1ccccc1)n1c2ccc(Br)cc2c2cc(Br)ccc21. The highest BCUT2D eigenvalue weighted by molar-refractivity contribution is 9.10. The molecule has 0 atom stereocenters. The number of halogens is 2. The Kier molecular flexibility index (Phi) is 4.36. The van der Waals surface area contributed by atoms with Gasteiger partial charge in [0.2, 0.25) is 0 Å². The molecule has 0 unspecified atom stereocenters. The Morgan fingerprint density at radius 1 is 0.840 bits per heavy atom. The topological polar surface area (TPSA) is 31.2 Å². The van der Waals surface area contributed by atoms with E-state index >= 15 is 0 Å². The molecule has 3 nitrogen and oxygen atoms in total. The minimum absolute atomic E-state index is 0.244. The number of carbonyl (C=O) groups is 1. The molecule has 4 aromatic rings. The molecule has 5 heteroatoms. The number of rotatable bonds is 2. The molecular weight excluding hydrogens is 446 g/mol. The fourth-order valence-electron chi connectivity index (χ4n) is 2.95. The Hall–Kier alpha value is -2.11. The van der Waals surface area contributed by atoms with Gasteiger partial charge in [-0.2, -0.15) is 0 Å². The molecule has 0 saturated heterocycles. The minimum Gasteiger partial charge on any atom is -0.444 e. The number of fused-ring (bicyclic) bond motifs is 3. The van der Waals surface area contributed by atoms with Crippen LogP contribution >= 0.6 is 31.9 Å². The van der Waals surface area contributed by atoms with Gasteiger partial charge in [0, 0.05) is 19.7 Å². The summed E-state index contributed by atoms with van der Waals surface area (Å²) in [6, 6.07) is 21.4. The molecule has 0 spiro atoms. The van der Waals surface area contributed by atoms with Crippen LogP contribution in [-0.4, -0.2) is 10.7 Å². The van der Waals surface area contributed by atoms with Crippen LogP contribution in [0.2, 0.25) is 0 Å². The highest BCUT2D eigenvalue weighted by Gasteiger charge is 2.17. The van der Waals surface area contributed by atoms with Gasteiger partial charge in [0.25, 0.3) is 0 Å². The van der Waals surface area contributed by atoms with Crippen LogP contribution in [0.3, 0.4) is 0 Å². The van der Waals surface area contributed by atoms with Gasteiger partial charge in [0.05, 0.1) is 11.0 Å². The Balaban J connectivity index is 1.80. The molecule has 25 heavy (non-hydrogen) atoms. The van der Waals surface area contributed by atoms with Crippen molar-refractivity contribution in [2.24, 2.45) is 0 Å². The van der Waals surface area contributed by atoms with Gasteiger partial charge in [0.15, 0.2) is 0 Å². The van der Waals surface area contributed by atoms with Crippen molar-refractivity contribution < 1.29 is 9.53 Å². The third-order valence-corrected chi connectivity index (χ3v) is 5.06. The van der Waals surface area contributed by atoms with Crippen molar-refractivity contribution in [3.05, 3.63) is 81.2 Å². The van der Waals surface area contributed by atoms with Gasteiger partial charge < -0.3 is 4.74 Å². The lowest BCUT2D eigenvalue weighted by atomic mass is 10.2. The Labute approximate surface area is 161 Å². The van der Waals surface area contributed by atoms with E-state index in [2.05, 4.69) is 31.9 Å². The van der Waals surface area contributed by atoms with E-state index in [1.54, 1.807) is 4.57 Å². The van der Waals surface area contributed by atoms with Crippen molar-refractivity contribution in [3.8, 4) is 0 Å². The molecule has 1 aromatic heterocycles. The van der Waals surface area contributed by atoms with Crippen molar-refractivity contribution in [1.82, 2.24) is 4.57 Å². The number of nitrogens with zero attached hydrogens (tertiary/aromatic N) is 1. The number of ether oxygens (including phenoxy) is 1. The van der Waals surface area contributed by atoms with Gasteiger partial charge in [-0.15, -0.1) is 0 Å². The third-order valence-electron chi connectivity index (χ3n) is 4.08. The third kappa shape index (κ3) is 3.10. The molecule has 0 bridgehead atoms. The number of aromatic nitrogens is 1. The van der Waals surface area contributed by atoms with Crippen molar-refractivity contribution in [1.29, 1.82) is 0 Å². The molecule has 0 radical (unpaired) electrons. The highest BCUT2D eigenvalue weighted by atomic mass is 79.9. The summed E-state index contributed by atoms with van der Waals surface area (Å²) < 4.78 is 9.12. The van der Waals surface area contributed by atoms with Crippen molar-refractivity contribution in [2.75, 3.05) is 0 Å². The van der Waals surface area contributed by atoms with E-state index < -0.39 is 0 Å². The summed E-state index contributed by atoms with van der Waals surface area (Å²) in [5.74, 6) is 0. The summed E-state index contributed by atoms with van der Waals surface area (Å²) in [5, 5.41) is 2.00.